The van der Waals surface area contributed by atoms with Gasteiger partial charge in [0.15, 0.2) is 0 Å². The van der Waals surface area contributed by atoms with E-state index in [4.69, 9.17) is 0 Å². The summed E-state index contributed by atoms with van der Waals surface area (Å²) in [6, 6.07) is 6.52. The third kappa shape index (κ3) is 2.90. The zero-order valence-electron chi connectivity index (χ0n) is 10.7. The molecule has 2 aromatic rings. The summed E-state index contributed by atoms with van der Waals surface area (Å²) in [6.45, 7) is 1.31. The lowest BCUT2D eigenvalue weighted by Crippen LogP contribution is -2.28. The van der Waals surface area contributed by atoms with Crippen molar-refractivity contribution in [1.29, 1.82) is 0 Å². The summed E-state index contributed by atoms with van der Waals surface area (Å²) < 4.78 is 27.9. The number of halogens is 2. The highest BCUT2D eigenvalue weighted by atomic mass is 19.1. The molecule has 1 heterocycles. The topological polar surface area (TPSA) is 51.1 Å². The molecule has 0 unspecified atom stereocenters. The van der Waals surface area contributed by atoms with Crippen LogP contribution in [0.1, 0.15) is 5.56 Å². The lowest BCUT2D eigenvalue weighted by Gasteiger charge is -2.09. The number of para-hydroxylation sites is 1. The third-order valence-corrected chi connectivity index (χ3v) is 2.75. The number of nitrogens with one attached hydrogen (secondary N) is 1. The molecule has 6 heteroatoms. The average Bonchev–Trinajstić information content (AvgIpc) is 2.39. The smallest absolute Gasteiger partial charge is 0.253 e. The standard InChI is InChI=1S/C14H12F2N2O2/c1-9-4-3-7-18(14(9)20)8-12(19)17-13-10(15)5-2-6-11(13)16/h2-7H,8H2,1H3,(H,17,19). The second-order valence-corrected chi connectivity index (χ2v) is 4.27. The fourth-order valence-corrected chi connectivity index (χ4v) is 1.73. The van der Waals surface area contributed by atoms with Gasteiger partial charge in [0.2, 0.25) is 5.91 Å². The molecule has 2 rings (SSSR count). The first-order valence-corrected chi connectivity index (χ1v) is 5.89. The lowest BCUT2D eigenvalue weighted by atomic mass is 10.3. The maximum absolute atomic E-state index is 13.4. The van der Waals surface area contributed by atoms with E-state index >= 15 is 0 Å². The van der Waals surface area contributed by atoms with Crippen LogP contribution in [0.25, 0.3) is 0 Å². The van der Waals surface area contributed by atoms with Crippen LogP contribution in [0.5, 0.6) is 0 Å². The van der Waals surface area contributed by atoms with E-state index in [0.29, 0.717) is 5.56 Å². The Balaban J connectivity index is 2.18. The summed E-state index contributed by atoms with van der Waals surface area (Å²) >= 11 is 0. The van der Waals surface area contributed by atoms with Crippen LogP contribution in [-0.2, 0) is 11.3 Å². The SMILES string of the molecule is Cc1cccn(CC(=O)Nc2c(F)cccc2F)c1=O. The number of carbonyl (C=O) groups excluding carboxylic acids is 1. The largest absolute Gasteiger partial charge is 0.320 e. The molecule has 1 aromatic heterocycles. The van der Waals surface area contributed by atoms with Gasteiger partial charge in [0, 0.05) is 11.8 Å². The Morgan fingerprint density at radius 3 is 2.50 bits per heavy atom. The van der Waals surface area contributed by atoms with Crippen molar-refractivity contribution in [1.82, 2.24) is 4.57 Å². The summed E-state index contributed by atoms with van der Waals surface area (Å²) in [5.74, 6) is -2.41. The monoisotopic (exact) mass is 278 g/mol. The van der Waals surface area contributed by atoms with Crippen LogP contribution in [0.15, 0.2) is 41.3 Å². The fraction of sp³-hybridized carbons (Fsp3) is 0.143. The van der Waals surface area contributed by atoms with E-state index in [1.807, 2.05) is 0 Å². The van der Waals surface area contributed by atoms with Crippen LogP contribution in [0.2, 0.25) is 0 Å². The first kappa shape index (κ1) is 13.9. The number of benzene rings is 1. The van der Waals surface area contributed by atoms with Gasteiger partial charge in [-0.1, -0.05) is 12.1 Å². The molecule has 0 bridgehead atoms. The molecule has 0 aliphatic rings. The lowest BCUT2D eigenvalue weighted by molar-refractivity contribution is -0.116. The van der Waals surface area contributed by atoms with Crippen molar-refractivity contribution in [3.8, 4) is 0 Å². The van der Waals surface area contributed by atoms with Gasteiger partial charge in [-0.15, -0.1) is 0 Å². The summed E-state index contributed by atoms with van der Waals surface area (Å²) in [5.41, 5.74) is -0.354. The number of rotatable bonds is 3. The minimum absolute atomic E-state index is 0.311. The Morgan fingerprint density at radius 1 is 1.20 bits per heavy atom. The van der Waals surface area contributed by atoms with E-state index in [1.54, 1.807) is 19.1 Å². The van der Waals surface area contributed by atoms with Crippen molar-refractivity contribution in [2.24, 2.45) is 0 Å². The molecule has 20 heavy (non-hydrogen) atoms. The molecule has 0 fully saturated rings. The van der Waals surface area contributed by atoms with Crippen molar-refractivity contribution in [2.45, 2.75) is 13.5 Å². The number of amides is 1. The van der Waals surface area contributed by atoms with Gasteiger partial charge < -0.3 is 9.88 Å². The molecule has 0 aliphatic carbocycles. The van der Waals surface area contributed by atoms with Gasteiger partial charge in [-0.25, -0.2) is 8.78 Å². The third-order valence-electron chi connectivity index (χ3n) is 2.75. The molecular formula is C14H12F2N2O2. The Hall–Kier alpha value is -2.50. The highest BCUT2D eigenvalue weighted by Crippen LogP contribution is 2.17. The summed E-state index contributed by atoms with van der Waals surface area (Å²) in [6.07, 6.45) is 1.44. The fourth-order valence-electron chi connectivity index (χ4n) is 1.73. The number of carbonyl (C=O) groups is 1. The highest BCUT2D eigenvalue weighted by Gasteiger charge is 2.12. The van der Waals surface area contributed by atoms with Crippen molar-refractivity contribution >= 4 is 11.6 Å². The summed E-state index contributed by atoms with van der Waals surface area (Å²) in [4.78, 5) is 23.5. The molecule has 1 aromatic carbocycles. The number of aromatic nitrogens is 1. The van der Waals surface area contributed by atoms with Gasteiger partial charge in [-0.3, -0.25) is 9.59 Å². The van der Waals surface area contributed by atoms with Gasteiger partial charge in [-0.05, 0) is 25.1 Å². The quantitative estimate of drug-likeness (QED) is 0.934. The van der Waals surface area contributed by atoms with Crippen molar-refractivity contribution < 1.29 is 13.6 Å². The average molecular weight is 278 g/mol. The van der Waals surface area contributed by atoms with Crippen LogP contribution in [0.3, 0.4) is 0 Å². The van der Waals surface area contributed by atoms with Gasteiger partial charge in [0.25, 0.3) is 5.56 Å². The number of pyridine rings is 1. The number of nitrogens with zero attached hydrogens (tertiary/aromatic N) is 1. The molecule has 1 N–H and O–H groups in total. The van der Waals surface area contributed by atoms with Crippen LogP contribution in [-0.4, -0.2) is 10.5 Å². The number of hydrogen-bond donors (Lipinski definition) is 1. The summed E-state index contributed by atoms with van der Waals surface area (Å²) in [7, 11) is 0. The van der Waals surface area contributed by atoms with Gasteiger partial charge in [0.05, 0.1) is 0 Å². The molecule has 0 radical (unpaired) electrons. The highest BCUT2D eigenvalue weighted by molar-refractivity contribution is 5.90. The van der Waals surface area contributed by atoms with E-state index in [2.05, 4.69) is 5.32 Å². The molecular weight excluding hydrogens is 266 g/mol. The van der Waals surface area contributed by atoms with Crippen molar-refractivity contribution in [3.63, 3.8) is 0 Å². The first-order valence-electron chi connectivity index (χ1n) is 5.89. The molecule has 1 amide bonds. The predicted molar refractivity (Wildman–Crippen MR) is 70.4 cm³/mol. The number of anilines is 1. The van der Waals surface area contributed by atoms with Gasteiger partial charge in [-0.2, -0.15) is 0 Å². The van der Waals surface area contributed by atoms with E-state index in [9.17, 15) is 18.4 Å². The Labute approximate surface area is 113 Å². The number of hydrogen-bond acceptors (Lipinski definition) is 2. The van der Waals surface area contributed by atoms with E-state index in [1.165, 1.54) is 16.8 Å². The van der Waals surface area contributed by atoms with Crippen LogP contribution in [0.4, 0.5) is 14.5 Å². The summed E-state index contributed by atoms with van der Waals surface area (Å²) in [5, 5.41) is 2.12. The molecule has 0 aliphatic heterocycles. The molecule has 0 atom stereocenters. The van der Waals surface area contributed by atoms with Crippen LogP contribution in [0, 0.1) is 18.6 Å². The van der Waals surface area contributed by atoms with Crippen molar-refractivity contribution in [3.05, 3.63) is 64.1 Å². The predicted octanol–water partition coefficient (Wildman–Crippen LogP) is 2.07. The van der Waals surface area contributed by atoms with Gasteiger partial charge >= 0.3 is 0 Å². The van der Waals surface area contributed by atoms with Gasteiger partial charge in [0.1, 0.15) is 23.9 Å². The second-order valence-electron chi connectivity index (χ2n) is 4.27. The zero-order valence-corrected chi connectivity index (χ0v) is 10.7. The number of aryl methyl sites for hydroxylation is 1. The van der Waals surface area contributed by atoms with E-state index < -0.39 is 23.2 Å². The Bertz CT molecular complexity index is 690. The Kier molecular flexibility index (Phi) is 3.93. The second kappa shape index (κ2) is 5.64. The van der Waals surface area contributed by atoms with E-state index in [0.717, 1.165) is 12.1 Å². The van der Waals surface area contributed by atoms with Crippen LogP contribution >= 0.6 is 0 Å². The minimum atomic E-state index is -0.866. The normalized spacial score (nSPS) is 10.3. The zero-order chi connectivity index (χ0) is 14.7. The maximum Gasteiger partial charge on any atom is 0.253 e. The minimum Gasteiger partial charge on any atom is -0.320 e. The molecule has 4 nitrogen and oxygen atoms in total. The van der Waals surface area contributed by atoms with E-state index in [-0.39, 0.29) is 12.1 Å². The maximum atomic E-state index is 13.4. The Morgan fingerprint density at radius 2 is 1.85 bits per heavy atom. The molecule has 104 valence electrons. The van der Waals surface area contributed by atoms with Crippen LogP contribution < -0.4 is 10.9 Å². The molecule has 0 saturated heterocycles. The molecule has 0 saturated carbocycles. The molecule has 0 spiro atoms. The first-order chi connectivity index (χ1) is 9.49. The van der Waals surface area contributed by atoms with Crippen molar-refractivity contribution in [2.75, 3.05) is 5.32 Å².